The molecule has 0 rings (SSSR count). The minimum atomic E-state index is -0.591. The number of hydrogen-bond acceptors (Lipinski definition) is 5. The second-order valence-corrected chi connectivity index (χ2v) is 3.07. The first-order chi connectivity index (χ1) is 7.61. The topological polar surface area (TPSA) is 112 Å². The lowest BCUT2D eigenvalue weighted by molar-refractivity contribution is -0.144. The SMILES string of the molecule is CCOC(=O)[C@@H](N)CCCN=C(N)NOC. The molecule has 16 heavy (non-hydrogen) atoms. The maximum absolute atomic E-state index is 11.1. The molecule has 0 aromatic rings. The second-order valence-electron chi connectivity index (χ2n) is 3.07. The van der Waals surface area contributed by atoms with Crippen LogP contribution in [0.3, 0.4) is 0 Å². The first kappa shape index (κ1) is 14.7. The molecule has 0 fully saturated rings. The average Bonchev–Trinajstić information content (AvgIpc) is 2.24. The first-order valence-corrected chi connectivity index (χ1v) is 5.13. The van der Waals surface area contributed by atoms with Gasteiger partial charge in [-0.15, -0.1) is 0 Å². The molecule has 0 heterocycles. The minimum Gasteiger partial charge on any atom is -0.465 e. The van der Waals surface area contributed by atoms with Gasteiger partial charge in [0, 0.05) is 6.54 Å². The maximum Gasteiger partial charge on any atom is 0.322 e. The number of esters is 1. The summed E-state index contributed by atoms with van der Waals surface area (Å²) in [5, 5.41) is 0. The Morgan fingerprint density at radius 3 is 2.81 bits per heavy atom. The Labute approximate surface area is 95.1 Å². The molecule has 0 bridgehead atoms. The van der Waals surface area contributed by atoms with Crippen molar-refractivity contribution in [2.24, 2.45) is 16.5 Å². The summed E-state index contributed by atoms with van der Waals surface area (Å²) >= 11 is 0. The lowest BCUT2D eigenvalue weighted by Crippen LogP contribution is -2.33. The van der Waals surface area contributed by atoms with Crippen LogP contribution in [0.25, 0.3) is 0 Å². The van der Waals surface area contributed by atoms with Crippen LogP contribution >= 0.6 is 0 Å². The Hall–Kier alpha value is -1.34. The summed E-state index contributed by atoms with van der Waals surface area (Å²) in [7, 11) is 1.44. The molecule has 7 heteroatoms. The number of guanidine groups is 1. The number of hydrogen-bond donors (Lipinski definition) is 3. The predicted molar refractivity (Wildman–Crippen MR) is 60.5 cm³/mol. The van der Waals surface area contributed by atoms with Gasteiger partial charge >= 0.3 is 5.97 Å². The zero-order chi connectivity index (χ0) is 12.4. The van der Waals surface area contributed by atoms with Crippen molar-refractivity contribution < 1.29 is 14.4 Å². The van der Waals surface area contributed by atoms with Crippen LogP contribution in [0, 0.1) is 0 Å². The molecule has 0 aliphatic carbocycles. The molecule has 0 spiro atoms. The van der Waals surface area contributed by atoms with Gasteiger partial charge in [-0.3, -0.25) is 14.6 Å². The number of carbonyl (C=O) groups excluding carboxylic acids is 1. The van der Waals surface area contributed by atoms with Gasteiger partial charge in [-0.2, -0.15) is 0 Å². The van der Waals surface area contributed by atoms with Crippen LogP contribution in [0.2, 0.25) is 0 Å². The van der Waals surface area contributed by atoms with E-state index in [1.54, 1.807) is 6.92 Å². The number of ether oxygens (including phenoxy) is 1. The highest BCUT2D eigenvalue weighted by atomic mass is 16.6. The van der Waals surface area contributed by atoms with Crippen LogP contribution in [-0.4, -0.2) is 38.2 Å². The molecule has 0 radical (unpaired) electrons. The summed E-state index contributed by atoms with van der Waals surface area (Å²) in [4.78, 5) is 19.6. The molecule has 94 valence electrons. The molecular formula is C9H20N4O3. The van der Waals surface area contributed by atoms with E-state index < -0.39 is 6.04 Å². The fraction of sp³-hybridized carbons (Fsp3) is 0.778. The molecule has 0 aliphatic rings. The zero-order valence-electron chi connectivity index (χ0n) is 9.73. The standard InChI is InChI=1S/C9H20N4O3/c1-3-16-8(14)7(10)5-4-6-12-9(11)13-15-2/h7H,3-6,10H2,1-2H3,(H3,11,12,13)/t7-/m0/s1. The number of nitrogens with two attached hydrogens (primary N) is 2. The van der Waals surface area contributed by atoms with Crippen LogP contribution < -0.4 is 16.9 Å². The van der Waals surface area contributed by atoms with Crippen LogP contribution in [0.15, 0.2) is 4.99 Å². The van der Waals surface area contributed by atoms with Crippen molar-refractivity contribution in [2.45, 2.75) is 25.8 Å². The Bertz CT molecular complexity index is 233. The van der Waals surface area contributed by atoms with E-state index in [2.05, 4.69) is 15.3 Å². The van der Waals surface area contributed by atoms with E-state index in [9.17, 15) is 4.79 Å². The van der Waals surface area contributed by atoms with Crippen LogP contribution in [0.4, 0.5) is 0 Å². The molecule has 0 saturated carbocycles. The molecule has 5 N–H and O–H groups in total. The molecule has 0 amide bonds. The first-order valence-electron chi connectivity index (χ1n) is 5.13. The van der Waals surface area contributed by atoms with Crippen LogP contribution in [-0.2, 0) is 14.4 Å². The molecular weight excluding hydrogens is 212 g/mol. The quantitative estimate of drug-likeness (QED) is 0.173. The number of hydroxylamine groups is 1. The third-order valence-corrected chi connectivity index (χ3v) is 1.75. The molecule has 0 saturated heterocycles. The van der Waals surface area contributed by atoms with Crippen molar-refractivity contribution in [3.05, 3.63) is 0 Å². The van der Waals surface area contributed by atoms with Crippen molar-refractivity contribution in [1.29, 1.82) is 0 Å². The lowest BCUT2D eigenvalue weighted by Gasteiger charge is -2.09. The minimum absolute atomic E-state index is 0.201. The molecule has 0 aliphatic heterocycles. The maximum atomic E-state index is 11.1. The molecule has 1 atom stereocenters. The summed E-state index contributed by atoms with van der Waals surface area (Å²) in [6, 6.07) is -0.591. The third kappa shape index (κ3) is 7.02. The Kier molecular flexibility index (Phi) is 8.18. The second kappa shape index (κ2) is 8.93. The highest BCUT2D eigenvalue weighted by molar-refractivity contribution is 5.76. The van der Waals surface area contributed by atoms with Crippen molar-refractivity contribution in [3.63, 3.8) is 0 Å². The van der Waals surface area contributed by atoms with Gasteiger partial charge in [-0.1, -0.05) is 0 Å². The smallest absolute Gasteiger partial charge is 0.322 e. The van der Waals surface area contributed by atoms with Crippen molar-refractivity contribution in [3.8, 4) is 0 Å². The molecule has 0 unspecified atom stereocenters. The summed E-state index contributed by atoms with van der Waals surface area (Å²) in [5.74, 6) is -0.179. The predicted octanol–water partition coefficient (Wildman–Crippen LogP) is -0.877. The normalized spacial score (nSPS) is 13.3. The van der Waals surface area contributed by atoms with E-state index in [0.717, 1.165) is 0 Å². The van der Waals surface area contributed by atoms with Gasteiger partial charge in [-0.05, 0) is 19.8 Å². The van der Waals surface area contributed by atoms with E-state index >= 15 is 0 Å². The summed E-state index contributed by atoms with van der Waals surface area (Å²) in [6.07, 6.45) is 1.18. The third-order valence-electron chi connectivity index (χ3n) is 1.75. The van der Waals surface area contributed by atoms with E-state index in [-0.39, 0.29) is 11.9 Å². The van der Waals surface area contributed by atoms with Crippen LogP contribution in [0.5, 0.6) is 0 Å². The van der Waals surface area contributed by atoms with Gasteiger partial charge < -0.3 is 16.2 Å². The number of aliphatic imine (C=N–C) groups is 1. The number of rotatable bonds is 7. The van der Waals surface area contributed by atoms with Crippen molar-refractivity contribution in [2.75, 3.05) is 20.3 Å². The van der Waals surface area contributed by atoms with Gasteiger partial charge in [0.25, 0.3) is 0 Å². The highest BCUT2D eigenvalue weighted by Gasteiger charge is 2.13. The average molecular weight is 232 g/mol. The van der Waals surface area contributed by atoms with Crippen molar-refractivity contribution in [1.82, 2.24) is 5.48 Å². The molecule has 0 aromatic heterocycles. The van der Waals surface area contributed by atoms with Crippen LogP contribution in [0.1, 0.15) is 19.8 Å². The van der Waals surface area contributed by atoms with Gasteiger partial charge in [0.15, 0.2) is 0 Å². The summed E-state index contributed by atoms with van der Waals surface area (Å²) in [6.45, 7) is 2.57. The Balaban J connectivity index is 3.65. The van der Waals surface area contributed by atoms with E-state index in [1.165, 1.54) is 7.11 Å². The molecule has 0 aromatic carbocycles. The summed E-state index contributed by atoms with van der Waals surface area (Å²) < 4.78 is 4.76. The van der Waals surface area contributed by atoms with Gasteiger partial charge in [-0.25, -0.2) is 5.48 Å². The summed E-state index contributed by atoms with van der Waals surface area (Å²) in [5.41, 5.74) is 13.4. The van der Waals surface area contributed by atoms with E-state index in [1.807, 2.05) is 0 Å². The number of nitrogens with zero attached hydrogens (tertiary/aromatic N) is 1. The number of carbonyl (C=O) groups is 1. The zero-order valence-corrected chi connectivity index (χ0v) is 9.73. The lowest BCUT2D eigenvalue weighted by atomic mass is 10.2. The van der Waals surface area contributed by atoms with Gasteiger partial charge in [0.1, 0.15) is 6.04 Å². The van der Waals surface area contributed by atoms with Gasteiger partial charge in [0.2, 0.25) is 5.96 Å². The monoisotopic (exact) mass is 232 g/mol. The Morgan fingerprint density at radius 2 is 2.25 bits per heavy atom. The fourth-order valence-corrected chi connectivity index (χ4v) is 1.01. The van der Waals surface area contributed by atoms with Gasteiger partial charge in [0.05, 0.1) is 13.7 Å². The van der Waals surface area contributed by atoms with Crippen molar-refractivity contribution >= 4 is 11.9 Å². The van der Waals surface area contributed by atoms with E-state index in [0.29, 0.717) is 26.0 Å². The fourth-order valence-electron chi connectivity index (χ4n) is 1.01. The number of nitrogens with one attached hydrogen (secondary N) is 1. The highest BCUT2D eigenvalue weighted by Crippen LogP contribution is 1.97. The molecule has 7 nitrogen and oxygen atoms in total. The largest absolute Gasteiger partial charge is 0.465 e. The van der Waals surface area contributed by atoms with E-state index in [4.69, 9.17) is 16.2 Å². The Morgan fingerprint density at radius 1 is 1.56 bits per heavy atom.